The van der Waals surface area contributed by atoms with Gasteiger partial charge in [0.05, 0.1) is 36.3 Å². The number of hydrogen-bond acceptors (Lipinski definition) is 4. The van der Waals surface area contributed by atoms with Gasteiger partial charge in [-0.25, -0.2) is 9.97 Å². The molecule has 0 bridgehead atoms. The Hall–Kier alpha value is -2.89. The molecular weight excluding hydrogens is 340 g/mol. The van der Waals surface area contributed by atoms with Crippen molar-refractivity contribution in [3.8, 4) is 5.88 Å². The summed E-state index contributed by atoms with van der Waals surface area (Å²) >= 11 is 0. The molecule has 3 aromatic rings. The minimum atomic E-state index is 0.0236. The maximum atomic E-state index is 13.0. The summed E-state index contributed by atoms with van der Waals surface area (Å²) in [7, 11) is 1.58. The van der Waals surface area contributed by atoms with Crippen molar-refractivity contribution in [2.24, 2.45) is 0 Å². The van der Waals surface area contributed by atoms with Crippen LogP contribution in [-0.4, -0.2) is 39.0 Å². The molecule has 3 heterocycles. The van der Waals surface area contributed by atoms with Crippen LogP contribution in [0, 0.1) is 0 Å². The summed E-state index contributed by atoms with van der Waals surface area (Å²) in [5, 5.41) is 0. The van der Waals surface area contributed by atoms with Crippen molar-refractivity contribution in [2.45, 2.75) is 38.8 Å². The number of imidazole rings is 1. The van der Waals surface area contributed by atoms with Crippen LogP contribution >= 0.6 is 0 Å². The fraction of sp³-hybridized carbons (Fsp3) is 0.381. The number of para-hydroxylation sites is 2. The topological polar surface area (TPSA) is 60.2 Å². The highest BCUT2D eigenvalue weighted by Crippen LogP contribution is 2.33. The van der Waals surface area contributed by atoms with Gasteiger partial charge in [0.25, 0.3) is 0 Å². The number of carbonyl (C=O) groups excluding carboxylic acids is 1. The minimum Gasteiger partial charge on any atom is -0.481 e. The van der Waals surface area contributed by atoms with Crippen LogP contribution in [0.3, 0.4) is 0 Å². The van der Waals surface area contributed by atoms with Crippen LogP contribution in [0.2, 0.25) is 0 Å². The third-order valence-electron chi connectivity index (χ3n) is 5.19. The number of ether oxygens (including phenoxy) is 1. The molecule has 2 aromatic heterocycles. The Labute approximate surface area is 158 Å². The highest BCUT2D eigenvalue weighted by atomic mass is 16.5. The van der Waals surface area contributed by atoms with Crippen molar-refractivity contribution in [2.75, 3.05) is 13.7 Å². The quantitative estimate of drug-likeness (QED) is 0.696. The zero-order valence-electron chi connectivity index (χ0n) is 15.8. The number of fused-ring (bicyclic) bond motifs is 1. The van der Waals surface area contributed by atoms with E-state index in [2.05, 4.69) is 22.5 Å². The standard InChI is InChI=1S/C21H24N4O2/c1-3-24-17-10-5-4-9-16(17)23-21(24)18-11-7-13-25(18)20(26)14-15-8-6-12-19(22-15)27-2/h4-6,8-10,12,18H,3,7,11,13-14H2,1-2H3/t18-/m0/s1. The fourth-order valence-corrected chi connectivity index (χ4v) is 3.94. The number of carbonyl (C=O) groups is 1. The third-order valence-corrected chi connectivity index (χ3v) is 5.19. The Balaban J connectivity index is 1.61. The molecule has 27 heavy (non-hydrogen) atoms. The van der Waals surface area contributed by atoms with Crippen molar-refractivity contribution in [1.82, 2.24) is 19.4 Å². The van der Waals surface area contributed by atoms with Crippen LogP contribution < -0.4 is 4.74 Å². The van der Waals surface area contributed by atoms with Crippen LogP contribution in [0.5, 0.6) is 5.88 Å². The van der Waals surface area contributed by atoms with Crippen LogP contribution in [0.4, 0.5) is 0 Å². The zero-order chi connectivity index (χ0) is 18.8. The molecule has 1 aliphatic heterocycles. The Morgan fingerprint density at radius 2 is 2.04 bits per heavy atom. The molecule has 140 valence electrons. The number of rotatable bonds is 5. The summed E-state index contributed by atoms with van der Waals surface area (Å²) in [6.45, 7) is 3.73. The van der Waals surface area contributed by atoms with Gasteiger partial charge in [-0.05, 0) is 38.0 Å². The molecule has 1 aromatic carbocycles. The van der Waals surface area contributed by atoms with Gasteiger partial charge < -0.3 is 14.2 Å². The van der Waals surface area contributed by atoms with Crippen molar-refractivity contribution in [3.63, 3.8) is 0 Å². The van der Waals surface area contributed by atoms with Gasteiger partial charge in [0.2, 0.25) is 11.8 Å². The van der Waals surface area contributed by atoms with Gasteiger partial charge in [0.1, 0.15) is 5.82 Å². The molecule has 1 aliphatic rings. The molecule has 0 N–H and O–H groups in total. The van der Waals surface area contributed by atoms with Crippen LogP contribution in [0.1, 0.15) is 37.3 Å². The van der Waals surface area contributed by atoms with Crippen molar-refractivity contribution < 1.29 is 9.53 Å². The molecule has 0 spiro atoms. The van der Waals surface area contributed by atoms with Crippen molar-refractivity contribution >= 4 is 16.9 Å². The molecule has 0 radical (unpaired) electrons. The largest absolute Gasteiger partial charge is 0.481 e. The van der Waals surface area contributed by atoms with E-state index in [0.717, 1.165) is 48.5 Å². The SMILES string of the molecule is CCn1c([C@@H]2CCCN2C(=O)Cc2cccc(OC)n2)nc2ccccc21. The highest BCUT2D eigenvalue weighted by Gasteiger charge is 2.33. The Morgan fingerprint density at radius 3 is 2.85 bits per heavy atom. The summed E-state index contributed by atoms with van der Waals surface area (Å²) in [6, 6.07) is 13.7. The average Bonchev–Trinajstić information content (AvgIpc) is 3.32. The predicted octanol–water partition coefficient (Wildman–Crippen LogP) is 3.37. The first kappa shape index (κ1) is 17.5. The number of hydrogen-bond donors (Lipinski definition) is 0. The Morgan fingerprint density at radius 1 is 1.19 bits per heavy atom. The lowest BCUT2D eigenvalue weighted by Gasteiger charge is -2.25. The smallest absolute Gasteiger partial charge is 0.229 e. The summed E-state index contributed by atoms with van der Waals surface area (Å²) in [4.78, 5) is 24.2. The van der Waals surface area contributed by atoms with E-state index in [1.54, 1.807) is 13.2 Å². The Kier molecular flexibility index (Phi) is 4.79. The van der Waals surface area contributed by atoms with Gasteiger partial charge in [0.15, 0.2) is 0 Å². The molecule has 1 fully saturated rings. The molecule has 4 rings (SSSR count). The van der Waals surface area contributed by atoms with Gasteiger partial charge in [-0.3, -0.25) is 4.79 Å². The molecular formula is C21H24N4O2. The van der Waals surface area contributed by atoms with E-state index >= 15 is 0 Å². The first-order valence-corrected chi connectivity index (χ1v) is 9.45. The van der Waals surface area contributed by atoms with E-state index in [4.69, 9.17) is 9.72 Å². The first-order valence-electron chi connectivity index (χ1n) is 9.45. The number of amides is 1. The third kappa shape index (κ3) is 3.27. The predicted molar refractivity (Wildman–Crippen MR) is 104 cm³/mol. The van der Waals surface area contributed by atoms with Crippen LogP contribution in [0.15, 0.2) is 42.5 Å². The second kappa shape index (κ2) is 7.39. The minimum absolute atomic E-state index is 0.0236. The highest BCUT2D eigenvalue weighted by molar-refractivity contribution is 5.80. The number of methoxy groups -OCH3 is 1. The number of likely N-dealkylation sites (tertiary alicyclic amines) is 1. The Bertz CT molecular complexity index is 966. The first-order chi connectivity index (χ1) is 13.2. The van der Waals surface area contributed by atoms with E-state index in [1.165, 1.54) is 0 Å². The van der Waals surface area contributed by atoms with Gasteiger partial charge >= 0.3 is 0 Å². The summed E-state index contributed by atoms with van der Waals surface area (Å²) in [5.41, 5.74) is 2.85. The summed E-state index contributed by atoms with van der Waals surface area (Å²) in [6.07, 6.45) is 2.22. The lowest BCUT2D eigenvalue weighted by Crippen LogP contribution is -2.33. The van der Waals surface area contributed by atoms with Crippen LogP contribution in [0.25, 0.3) is 11.0 Å². The molecule has 1 saturated heterocycles. The van der Waals surface area contributed by atoms with E-state index < -0.39 is 0 Å². The number of aryl methyl sites for hydroxylation is 1. The van der Waals surface area contributed by atoms with Gasteiger partial charge in [-0.1, -0.05) is 18.2 Å². The molecule has 1 amide bonds. The van der Waals surface area contributed by atoms with Gasteiger partial charge in [-0.2, -0.15) is 0 Å². The molecule has 6 nitrogen and oxygen atoms in total. The van der Waals surface area contributed by atoms with Crippen molar-refractivity contribution in [1.29, 1.82) is 0 Å². The maximum Gasteiger partial charge on any atom is 0.229 e. The molecule has 1 atom stereocenters. The number of pyridine rings is 1. The number of nitrogens with zero attached hydrogens (tertiary/aromatic N) is 4. The monoisotopic (exact) mass is 364 g/mol. The van der Waals surface area contributed by atoms with Gasteiger partial charge in [-0.15, -0.1) is 0 Å². The number of benzene rings is 1. The average molecular weight is 364 g/mol. The molecule has 0 aliphatic carbocycles. The molecule has 0 saturated carbocycles. The second-order valence-corrected chi connectivity index (χ2v) is 6.80. The lowest BCUT2D eigenvalue weighted by molar-refractivity contribution is -0.131. The summed E-state index contributed by atoms with van der Waals surface area (Å²) < 4.78 is 7.40. The maximum absolute atomic E-state index is 13.0. The molecule has 0 unspecified atom stereocenters. The van der Waals surface area contributed by atoms with Crippen molar-refractivity contribution in [3.05, 3.63) is 54.0 Å². The normalized spacial score (nSPS) is 16.8. The zero-order valence-corrected chi connectivity index (χ0v) is 15.8. The number of aromatic nitrogens is 3. The fourth-order valence-electron chi connectivity index (χ4n) is 3.94. The van der Waals surface area contributed by atoms with Gasteiger partial charge in [0, 0.05) is 19.2 Å². The lowest BCUT2D eigenvalue weighted by atomic mass is 10.2. The van der Waals surface area contributed by atoms with Crippen LogP contribution in [-0.2, 0) is 17.8 Å². The van der Waals surface area contributed by atoms with E-state index in [-0.39, 0.29) is 18.4 Å². The second-order valence-electron chi connectivity index (χ2n) is 6.80. The van der Waals surface area contributed by atoms with E-state index in [1.807, 2.05) is 35.2 Å². The summed E-state index contributed by atoms with van der Waals surface area (Å²) in [5.74, 6) is 1.61. The van der Waals surface area contributed by atoms with E-state index in [0.29, 0.717) is 5.88 Å². The molecule has 6 heteroatoms. The van der Waals surface area contributed by atoms with E-state index in [9.17, 15) is 4.79 Å².